The number of nitro groups is 1. The molecule has 96 valence electrons. The molecule has 19 heavy (non-hydrogen) atoms. The van der Waals surface area contributed by atoms with Gasteiger partial charge in [0.1, 0.15) is 17.4 Å². The lowest BCUT2D eigenvalue weighted by atomic mass is 10.2. The van der Waals surface area contributed by atoms with E-state index >= 15 is 0 Å². The Morgan fingerprint density at radius 2 is 2.37 bits per heavy atom. The zero-order chi connectivity index (χ0) is 13.8. The van der Waals surface area contributed by atoms with E-state index < -0.39 is 4.92 Å². The Morgan fingerprint density at radius 1 is 1.58 bits per heavy atom. The molecule has 0 unspecified atom stereocenters. The standard InChI is InChI=1S/C12H10N4O3/c1-8-6-15-12(19-8)7-14-10-3-2-9(5-13)11(4-10)16(17)18/h2-4,6,14H,7H2,1H3. The third-order valence-electron chi connectivity index (χ3n) is 2.43. The number of hydrogen-bond acceptors (Lipinski definition) is 6. The number of aryl methyl sites for hydroxylation is 1. The van der Waals surface area contributed by atoms with E-state index in [1.165, 1.54) is 12.1 Å². The molecule has 2 rings (SSSR count). The SMILES string of the molecule is Cc1cnc(CNc2ccc(C#N)c([N+](=O)[O-])c2)o1. The van der Waals surface area contributed by atoms with Crippen molar-refractivity contribution in [1.29, 1.82) is 5.26 Å². The summed E-state index contributed by atoms with van der Waals surface area (Å²) in [4.78, 5) is 14.2. The van der Waals surface area contributed by atoms with Gasteiger partial charge in [0, 0.05) is 11.8 Å². The highest BCUT2D eigenvalue weighted by Gasteiger charge is 2.14. The predicted molar refractivity (Wildman–Crippen MR) is 66.4 cm³/mol. The van der Waals surface area contributed by atoms with Gasteiger partial charge in [-0.05, 0) is 19.1 Å². The van der Waals surface area contributed by atoms with Crippen LogP contribution in [0.3, 0.4) is 0 Å². The summed E-state index contributed by atoms with van der Waals surface area (Å²) in [6.07, 6.45) is 1.60. The number of nitrogens with one attached hydrogen (secondary N) is 1. The van der Waals surface area contributed by atoms with Gasteiger partial charge in [0.05, 0.1) is 17.7 Å². The fraction of sp³-hybridized carbons (Fsp3) is 0.167. The molecule has 0 amide bonds. The topological polar surface area (TPSA) is 105 Å². The van der Waals surface area contributed by atoms with Crippen molar-refractivity contribution in [2.24, 2.45) is 0 Å². The van der Waals surface area contributed by atoms with Crippen LogP contribution in [0.1, 0.15) is 17.2 Å². The van der Waals surface area contributed by atoms with Gasteiger partial charge in [-0.1, -0.05) is 0 Å². The van der Waals surface area contributed by atoms with E-state index in [-0.39, 0.29) is 11.3 Å². The summed E-state index contributed by atoms with van der Waals surface area (Å²) >= 11 is 0. The van der Waals surface area contributed by atoms with Crippen molar-refractivity contribution in [3.63, 3.8) is 0 Å². The van der Waals surface area contributed by atoms with Gasteiger partial charge in [-0.15, -0.1) is 0 Å². The first-order valence-electron chi connectivity index (χ1n) is 5.44. The Hall–Kier alpha value is -2.88. The van der Waals surface area contributed by atoms with Crippen molar-refractivity contribution in [2.75, 3.05) is 5.32 Å². The van der Waals surface area contributed by atoms with E-state index in [1.807, 2.05) is 0 Å². The third-order valence-corrected chi connectivity index (χ3v) is 2.43. The average Bonchev–Trinajstić information content (AvgIpc) is 2.81. The molecule has 7 nitrogen and oxygen atoms in total. The Balaban J connectivity index is 2.15. The number of aromatic nitrogens is 1. The second kappa shape index (κ2) is 5.18. The average molecular weight is 258 g/mol. The third kappa shape index (κ3) is 2.87. The molecular weight excluding hydrogens is 248 g/mol. The van der Waals surface area contributed by atoms with Crippen LogP contribution in [0, 0.1) is 28.4 Å². The molecule has 0 aliphatic rings. The summed E-state index contributed by atoms with van der Waals surface area (Å²) in [7, 11) is 0. The lowest BCUT2D eigenvalue weighted by molar-refractivity contribution is -0.385. The molecule has 0 bridgehead atoms. The fourth-order valence-electron chi connectivity index (χ4n) is 1.55. The number of hydrogen-bond donors (Lipinski definition) is 1. The highest BCUT2D eigenvalue weighted by molar-refractivity contribution is 5.59. The second-order valence-electron chi connectivity index (χ2n) is 3.82. The Kier molecular flexibility index (Phi) is 3.43. The molecule has 0 spiro atoms. The molecule has 1 aromatic carbocycles. The lowest BCUT2D eigenvalue weighted by Gasteiger charge is -2.04. The lowest BCUT2D eigenvalue weighted by Crippen LogP contribution is -2.01. The van der Waals surface area contributed by atoms with Gasteiger partial charge in [-0.25, -0.2) is 4.98 Å². The first-order chi connectivity index (χ1) is 9.10. The maximum Gasteiger partial charge on any atom is 0.289 e. The number of benzene rings is 1. The van der Waals surface area contributed by atoms with Gasteiger partial charge in [0.2, 0.25) is 5.89 Å². The van der Waals surface area contributed by atoms with Crippen LogP contribution in [0.4, 0.5) is 11.4 Å². The minimum Gasteiger partial charge on any atom is -0.444 e. The molecule has 2 aromatic rings. The summed E-state index contributed by atoms with van der Waals surface area (Å²) in [6.45, 7) is 2.10. The first kappa shape index (κ1) is 12.6. The minimum absolute atomic E-state index is 0.0301. The first-order valence-corrected chi connectivity index (χ1v) is 5.44. The number of nitriles is 1. The highest BCUT2D eigenvalue weighted by Crippen LogP contribution is 2.22. The van der Waals surface area contributed by atoms with E-state index in [2.05, 4.69) is 10.3 Å². The van der Waals surface area contributed by atoms with Gasteiger partial charge in [-0.3, -0.25) is 10.1 Å². The highest BCUT2D eigenvalue weighted by atomic mass is 16.6. The van der Waals surface area contributed by atoms with Crippen molar-refractivity contribution in [1.82, 2.24) is 4.98 Å². The normalized spacial score (nSPS) is 9.89. The molecule has 7 heteroatoms. The summed E-state index contributed by atoms with van der Waals surface area (Å²) < 4.78 is 5.27. The molecule has 1 N–H and O–H groups in total. The van der Waals surface area contributed by atoms with Gasteiger partial charge in [-0.2, -0.15) is 5.26 Å². The van der Waals surface area contributed by atoms with Crippen LogP contribution in [0.25, 0.3) is 0 Å². The van der Waals surface area contributed by atoms with E-state index in [9.17, 15) is 10.1 Å². The maximum atomic E-state index is 10.8. The van der Waals surface area contributed by atoms with Crippen LogP contribution in [0.15, 0.2) is 28.8 Å². The van der Waals surface area contributed by atoms with Crippen LogP contribution >= 0.6 is 0 Å². The Labute approximate surface area is 108 Å². The largest absolute Gasteiger partial charge is 0.444 e. The van der Waals surface area contributed by atoms with Gasteiger partial charge < -0.3 is 9.73 Å². The van der Waals surface area contributed by atoms with Crippen molar-refractivity contribution in [3.8, 4) is 6.07 Å². The van der Waals surface area contributed by atoms with Crippen molar-refractivity contribution >= 4 is 11.4 Å². The van der Waals surface area contributed by atoms with Crippen molar-refractivity contribution in [3.05, 3.63) is 51.7 Å². The number of nitro benzene ring substituents is 1. The van der Waals surface area contributed by atoms with E-state index in [0.717, 1.165) is 0 Å². The van der Waals surface area contributed by atoms with Crippen molar-refractivity contribution in [2.45, 2.75) is 13.5 Å². The van der Waals surface area contributed by atoms with Crippen LogP contribution in [0.5, 0.6) is 0 Å². The molecule has 0 saturated heterocycles. The zero-order valence-corrected chi connectivity index (χ0v) is 10.1. The van der Waals surface area contributed by atoms with E-state index in [0.29, 0.717) is 23.9 Å². The van der Waals surface area contributed by atoms with Crippen LogP contribution in [-0.4, -0.2) is 9.91 Å². The summed E-state index contributed by atoms with van der Waals surface area (Å²) in [6, 6.07) is 6.10. The molecule has 0 saturated carbocycles. The van der Waals surface area contributed by atoms with Gasteiger partial charge in [0.15, 0.2) is 0 Å². The molecule has 0 fully saturated rings. The van der Waals surface area contributed by atoms with Crippen molar-refractivity contribution < 1.29 is 9.34 Å². The monoisotopic (exact) mass is 258 g/mol. The maximum absolute atomic E-state index is 10.8. The molecule has 0 atom stereocenters. The number of rotatable bonds is 4. The van der Waals surface area contributed by atoms with Crippen LogP contribution in [0.2, 0.25) is 0 Å². The molecule has 0 aliphatic heterocycles. The Morgan fingerprint density at radius 3 is 2.95 bits per heavy atom. The van der Waals surface area contributed by atoms with E-state index in [4.69, 9.17) is 9.68 Å². The molecule has 0 aliphatic carbocycles. The Bertz CT molecular complexity index is 657. The van der Waals surface area contributed by atoms with Crippen LogP contribution in [-0.2, 0) is 6.54 Å². The van der Waals surface area contributed by atoms with E-state index in [1.54, 1.807) is 25.3 Å². The number of oxazole rings is 1. The molecule has 1 heterocycles. The summed E-state index contributed by atoms with van der Waals surface area (Å²) in [5.74, 6) is 1.19. The minimum atomic E-state index is -0.584. The zero-order valence-electron chi connectivity index (χ0n) is 10.1. The number of nitrogens with zero attached hydrogens (tertiary/aromatic N) is 3. The number of anilines is 1. The molecule has 1 aromatic heterocycles. The smallest absolute Gasteiger partial charge is 0.289 e. The molecular formula is C12H10N4O3. The summed E-state index contributed by atoms with van der Waals surface area (Å²) in [5, 5.41) is 22.5. The quantitative estimate of drug-likeness (QED) is 0.666. The molecule has 0 radical (unpaired) electrons. The van der Waals surface area contributed by atoms with Crippen LogP contribution < -0.4 is 5.32 Å². The van der Waals surface area contributed by atoms with Gasteiger partial charge in [0.25, 0.3) is 5.69 Å². The fourth-order valence-corrected chi connectivity index (χ4v) is 1.55. The predicted octanol–water partition coefficient (Wildman–Crippen LogP) is 2.38. The summed E-state index contributed by atoms with van der Waals surface area (Å²) in [5.41, 5.74) is 0.333. The van der Waals surface area contributed by atoms with Gasteiger partial charge >= 0.3 is 0 Å². The second-order valence-corrected chi connectivity index (χ2v) is 3.82.